The zero-order chi connectivity index (χ0) is 27.2. The van der Waals surface area contributed by atoms with Crippen LogP contribution in [0.2, 0.25) is 5.02 Å². The Hall–Kier alpha value is -3.23. The number of hydrogen-bond acceptors (Lipinski definition) is 2. The molecule has 2 N–H and O–H groups in total. The molecule has 2 unspecified atom stereocenters. The Morgan fingerprint density at radius 1 is 1.16 bits per heavy atom. The van der Waals surface area contributed by atoms with E-state index < -0.39 is 23.4 Å². The second kappa shape index (κ2) is 10.2. The molecule has 38 heavy (non-hydrogen) atoms. The quantitative estimate of drug-likeness (QED) is 0.181. The van der Waals surface area contributed by atoms with Gasteiger partial charge in [0.25, 0.3) is 0 Å². The van der Waals surface area contributed by atoms with Crippen LogP contribution in [-0.2, 0) is 12.6 Å². The summed E-state index contributed by atoms with van der Waals surface area (Å²) in [6.45, 7) is 4.43. The average molecular weight is 546 g/mol. The van der Waals surface area contributed by atoms with Crippen LogP contribution in [-0.4, -0.2) is 16.5 Å². The van der Waals surface area contributed by atoms with Crippen LogP contribution in [0.25, 0.3) is 16.6 Å². The van der Waals surface area contributed by atoms with Gasteiger partial charge in [-0.05, 0) is 53.7 Å². The third kappa shape index (κ3) is 4.95. The first-order chi connectivity index (χ1) is 18.1. The molecule has 0 amide bonds. The van der Waals surface area contributed by atoms with Crippen LogP contribution < -0.4 is 5.32 Å². The van der Waals surface area contributed by atoms with Crippen molar-refractivity contribution in [3.8, 4) is 0 Å². The Morgan fingerprint density at radius 3 is 2.50 bits per heavy atom. The van der Waals surface area contributed by atoms with Gasteiger partial charge in [0, 0.05) is 41.5 Å². The molecule has 1 fully saturated rings. The zero-order valence-electron chi connectivity index (χ0n) is 20.7. The van der Waals surface area contributed by atoms with E-state index in [0.717, 1.165) is 29.6 Å². The van der Waals surface area contributed by atoms with E-state index in [0.29, 0.717) is 33.8 Å². The highest BCUT2D eigenvalue weighted by atomic mass is 35.5. The van der Waals surface area contributed by atoms with Crippen LogP contribution in [0.4, 0.5) is 22.0 Å². The van der Waals surface area contributed by atoms with E-state index in [1.165, 1.54) is 24.3 Å². The van der Waals surface area contributed by atoms with Gasteiger partial charge in [0.15, 0.2) is 0 Å². The SMILES string of the molecule is CC/C=C(\c1c(F)ccc(CC(C)c2ccc(C(F)(F)F)cc2)c1F)c1c[nH]c2ncc(Cl)c(C3CN3)c12. The second-order valence-corrected chi connectivity index (χ2v) is 9.96. The Morgan fingerprint density at radius 2 is 1.87 bits per heavy atom. The molecule has 2 aromatic heterocycles. The number of nitrogens with zero attached hydrogens (tertiary/aromatic N) is 1. The lowest BCUT2D eigenvalue weighted by atomic mass is 9.89. The first-order valence-electron chi connectivity index (χ1n) is 12.3. The fourth-order valence-electron chi connectivity index (χ4n) is 4.91. The number of allylic oxidation sites excluding steroid dienone is 1. The fourth-order valence-corrected chi connectivity index (χ4v) is 5.19. The largest absolute Gasteiger partial charge is 0.416 e. The lowest BCUT2D eigenvalue weighted by Crippen LogP contribution is -2.07. The van der Waals surface area contributed by atoms with Gasteiger partial charge >= 0.3 is 6.18 Å². The number of hydrogen-bond donors (Lipinski definition) is 2. The smallest absolute Gasteiger partial charge is 0.346 e. The fraction of sp³-hybridized carbons (Fsp3) is 0.276. The van der Waals surface area contributed by atoms with E-state index >= 15 is 8.78 Å². The van der Waals surface area contributed by atoms with Gasteiger partial charge in [-0.15, -0.1) is 0 Å². The Balaban J connectivity index is 1.55. The number of fused-ring (bicyclic) bond motifs is 1. The molecule has 1 saturated heterocycles. The average Bonchev–Trinajstić information content (AvgIpc) is 3.63. The summed E-state index contributed by atoms with van der Waals surface area (Å²) in [6, 6.07) is 7.50. The van der Waals surface area contributed by atoms with Crippen molar-refractivity contribution in [3.05, 3.63) is 105 Å². The van der Waals surface area contributed by atoms with Gasteiger partial charge in [-0.1, -0.05) is 49.7 Å². The highest BCUT2D eigenvalue weighted by Gasteiger charge is 2.32. The summed E-state index contributed by atoms with van der Waals surface area (Å²) >= 11 is 6.49. The molecule has 4 aromatic rings. The van der Waals surface area contributed by atoms with Crippen molar-refractivity contribution in [2.24, 2.45) is 0 Å². The highest BCUT2D eigenvalue weighted by molar-refractivity contribution is 6.32. The molecule has 0 bridgehead atoms. The predicted octanol–water partition coefficient (Wildman–Crippen LogP) is 8.35. The Labute approximate surface area is 221 Å². The Bertz CT molecular complexity index is 1520. The molecule has 198 valence electrons. The van der Waals surface area contributed by atoms with Gasteiger partial charge in [-0.3, -0.25) is 0 Å². The van der Waals surface area contributed by atoms with Crippen LogP contribution in [0.3, 0.4) is 0 Å². The number of nitrogens with one attached hydrogen (secondary N) is 2. The van der Waals surface area contributed by atoms with Crippen molar-refractivity contribution in [3.63, 3.8) is 0 Å². The van der Waals surface area contributed by atoms with E-state index in [1.54, 1.807) is 25.4 Å². The normalized spacial score (nSPS) is 16.7. The number of aromatic amines is 1. The molecule has 9 heteroatoms. The van der Waals surface area contributed by atoms with Crippen molar-refractivity contribution in [2.45, 2.75) is 44.8 Å². The number of alkyl halides is 3. The van der Waals surface area contributed by atoms with Crippen LogP contribution in [0, 0.1) is 11.6 Å². The summed E-state index contributed by atoms with van der Waals surface area (Å²) in [5.74, 6) is -1.70. The molecule has 5 rings (SSSR count). The van der Waals surface area contributed by atoms with Crippen molar-refractivity contribution in [1.29, 1.82) is 0 Å². The summed E-state index contributed by atoms with van der Waals surface area (Å²) in [6.07, 6.45) is 1.31. The van der Waals surface area contributed by atoms with E-state index in [2.05, 4.69) is 15.3 Å². The minimum Gasteiger partial charge on any atom is -0.346 e. The molecule has 0 radical (unpaired) electrons. The topological polar surface area (TPSA) is 50.6 Å². The van der Waals surface area contributed by atoms with Gasteiger partial charge in [-0.2, -0.15) is 13.2 Å². The summed E-state index contributed by atoms with van der Waals surface area (Å²) in [5.41, 5.74) is 2.41. The third-order valence-corrected chi connectivity index (χ3v) is 7.22. The van der Waals surface area contributed by atoms with E-state index in [-0.39, 0.29) is 29.5 Å². The minimum absolute atomic E-state index is 0.0380. The van der Waals surface area contributed by atoms with Gasteiger partial charge in [0.05, 0.1) is 16.1 Å². The Kier molecular flexibility index (Phi) is 7.05. The summed E-state index contributed by atoms with van der Waals surface area (Å²) in [7, 11) is 0. The van der Waals surface area contributed by atoms with Crippen LogP contribution >= 0.6 is 11.6 Å². The van der Waals surface area contributed by atoms with Gasteiger partial charge in [0.1, 0.15) is 17.3 Å². The number of pyridine rings is 1. The van der Waals surface area contributed by atoms with Gasteiger partial charge in [0.2, 0.25) is 0 Å². The lowest BCUT2D eigenvalue weighted by Gasteiger charge is -2.17. The zero-order valence-corrected chi connectivity index (χ0v) is 21.4. The monoisotopic (exact) mass is 545 g/mol. The molecule has 1 aliphatic heterocycles. The maximum absolute atomic E-state index is 16.1. The molecule has 1 aliphatic rings. The number of halogens is 6. The summed E-state index contributed by atoms with van der Waals surface area (Å²) in [5, 5.41) is 4.43. The second-order valence-electron chi connectivity index (χ2n) is 9.55. The van der Waals surface area contributed by atoms with Gasteiger partial charge in [-0.25, -0.2) is 13.8 Å². The van der Waals surface area contributed by atoms with Crippen molar-refractivity contribution in [2.75, 3.05) is 6.54 Å². The number of benzene rings is 2. The lowest BCUT2D eigenvalue weighted by molar-refractivity contribution is -0.137. The predicted molar refractivity (Wildman–Crippen MR) is 139 cm³/mol. The van der Waals surface area contributed by atoms with Crippen LogP contribution in [0.1, 0.15) is 65.6 Å². The standard InChI is InChI=1S/C29H25ClF5N3/c1-3-4-19(20-12-37-28-25(20)26(23-14-36-23)21(30)13-38-28)24-22(31)10-7-17(27(24)32)11-15(2)16-5-8-18(9-6-16)29(33,34)35/h4-10,12-13,15,23,36H,3,11,14H2,1-2H3,(H,37,38)/b19-4-. The molecule has 0 saturated carbocycles. The molecular weight excluding hydrogens is 521 g/mol. The molecule has 3 nitrogen and oxygen atoms in total. The van der Waals surface area contributed by atoms with Gasteiger partial charge < -0.3 is 10.3 Å². The number of aromatic nitrogens is 2. The van der Waals surface area contributed by atoms with E-state index in [4.69, 9.17) is 11.6 Å². The maximum Gasteiger partial charge on any atom is 0.416 e. The maximum atomic E-state index is 16.1. The van der Waals surface area contributed by atoms with E-state index in [9.17, 15) is 13.2 Å². The van der Waals surface area contributed by atoms with Crippen molar-refractivity contribution in [1.82, 2.24) is 15.3 Å². The molecule has 2 aromatic carbocycles. The first-order valence-corrected chi connectivity index (χ1v) is 12.7. The highest BCUT2D eigenvalue weighted by Crippen LogP contribution is 2.41. The van der Waals surface area contributed by atoms with Crippen LogP contribution in [0.5, 0.6) is 0 Å². The minimum atomic E-state index is -4.43. The third-order valence-electron chi connectivity index (χ3n) is 6.92. The molecule has 2 atom stereocenters. The number of rotatable bonds is 7. The summed E-state index contributed by atoms with van der Waals surface area (Å²) < 4.78 is 70.2. The molecule has 0 aliphatic carbocycles. The summed E-state index contributed by atoms with van der Waals surface area (Å²) in [4.78, 5) is 7.47. The first kappa shape index (κ1) is 26.4. The number of H-pyrrole nitrogens is 1. The molecular formula is C29H25ClF5N3. The van der Waals surface area contributed by atoms with Crippen molar-refractivity contribution < 1.29 is 22.0 Å². The van der Waals surface area contributed by atoms with Crippen LogP contribution in [0.15, 0.2) is 54.9 Å². The molecule has 3 heterocycles. The van der Waals surface area contributed by atoms with E-state index in [1.807, 2.05) is 6.92 Å². The van der Waals surface area contributed by atoms with Crippen molar-refractivity contribution >= 4 is 28.2 Å². The molecule has 0 spiro atoms.